The Bertz CT molecular complexity index is 930. The number of carbonyl (C=O) groups excluding carboxylic acids is 1. The van der Waals surface area contributed by atoms with Crippen LogP contribution in [0.5, 0.6) is 0 Å². The van der Waals surface area contributed by atoms with Crippen molar-refractivity contribution in [2.45, 2.75) is 45.1 Å². The first-order valence-corrected chi connectivity index (χ1v) is 10.5. The van der Waals surface area contributed by atoms with Crippen LogP contribution < -0.4 is 16.0 Å². The Hall–Kier alpha value is -2.34. The SMILES string of the molecule is CCNC(=NCc1cccc(NC(=O)C2CCCO2)c1)NCc1ccc(C(F)(F)F)cc1.I. The molecule has 180 valence electrons. The summed E-state index contributed by atoms with van der Waals surface area (Å²) in [7, 11) is 0. The highest BCUT2D eigenvalue weighted by Crippen LogP contribution is 2.29. The third-order valence-corrected chi connectivity index (χ3v) is 4.92. The predicted octanol–water partition coefficient (Wildman–Crippen LogP) is 4.70. The van der Waals surface area contributed by atoms with Gasteiger partial charge in [-0.1, -0.05) is 24.3 Å². The minimum Gasteiger partial charge on any atom is -0.368 e. The number of anilines is 1. The quantitative estimate of drug-likeness (QED) is 0.254. The Morgan fingerprint density at radius 1 is 1.12 bits per heavy atom. The van der Waals surface area contributed by atoms with Crippen LogP contribution in [0.4, 0.5) is 18.9 Å². The largest absolute Gasteiger partial charge is 0.416 e. The Kier molecular flexibility index (Phi) is 10.4. The molecule has 0 aromatic heterocycles. The Balaban J connectivity index is 0.00000385. The molecule has 1 amide bonds. The van der Waals surface area contributed by atoms with Gasteiger partial charge < -0.3 is 20.7 Å². The molecule has 1 saturated heterocycles. The van der Waals surface area contributed by atoms with Crippen molar-refractivity contribution in [2.75, 3.05) is 18.5 Å². The van der Waals surface area contributed by atoms with Crippen LogP contribution in [0.2, 0.25) is 0 Å². The zero-order valence-corrected chi connectivity index (χ0v) is 20.6. The fourth-order valence-electron chi connectivity index (χ4n) is 3.26. The molecule has 10 heteroatoms. The minimum atomic E-state index is -4.35. The highest BCUT2D eigenvalue weighted by atomic mass is 127. The summed E-state index contributed by atoms with van der Waals surface area (Å²) in [5.74, 6) is 0.399. The van der Waals surface area contributed by atoms with Crippen LogP contribution in [0.3, 0.4) is 0 Å². The highest BCUT2D eigenvalue weighted by molar-refractivity contribution is 14.0. The van der Waals surface area contributed by atoms with Crippen LogP contribution in [0.1, 0.15) is 36.5 Å². The summed E-state index contributed by atoms with van der Waals surface area (Å²) >= 11 is 0. The molecule has 2 aromatic carbocycles. The fourth-order valence-corrected chi connectivity index (χ4v) is 3.26. The average Bonchev–Trinajstić information content (AvgIpc) is 3.31. The molecular formula is C23H28F3IN4O2. The molecule has 1 fully saturated rings. The van der Waals surface area contributed by atoms with Crippen molar-refractivity contribution in [3.05, 3.63) is 65.2 Å². The van der Waals surface area contributed by atoms with Gasteiger partial charge in [0.15, 0.2) is 5.96 Å². The molecule has 0 bridgehead atoms. The molecule has 33 heavy (non-hydrogen) atoms. The van der Waals surface area contributed by atoms with Gasteiger partial charge >= 0.3 is 6.18 Å². The lowest BCUT2D eigenvalue weighted by atomic mass is 10.1. The van der Waals surface area contributed by atoms with Gasteiger partial charge in [-0.3, -0.25) is 4.79 Å². The van der Waals surface area contributed by atoms with E-state index in [9.17, 15) is 18.0 Å². The number of rotatable bonds is 7. The Morgan fingerprint density at radius 2 is 1.88 bits per heavy atom. The van der Waals surface area contributed by atoms with Gasteiger partial charge in [0.2, 0.25) is 0 Å². The van der Waals surface area contributed by atoms with Crippen LogP contribution in [0.15, 0.2) is 53.5 Å². The van der Waals surface area contributed by atoms with E-state index in [-0.39, 0.29) is 29.9 Å². The zero-order valence-electron chi connectivity index (χ0n) is 18.2. The molecule has 0 saturated carbocycles. The molecule has 0 radical (unpaired) electrons. The van der Waals surface area contributed by atoms with E-state index in [1.165, 1.54) is 12.1 Å². The Morgan fingerprint density at radius 3 is 2.52 bits per heavy atom. The summed E-state index contributed by atoms with van der Waals surface area (Å²) in [6.07, 6.45) is -3.13. The van der Waals surface area contributed by atoms with Gasteiger partial charge in [-0.2, -0.15) is 13.2 Å². The first-order chi connectivity index (χ1) is 15.3. The number of ether oxygens (including phenoxy) is 1. The van der Waals surface area contributed by atoms with E-state index in [1.54, 1.807) is 0 Å². The molecule has 6 nitrogen and oxygen atoms in total. The minimum absolute atomic E-state index is 0. The van der Waals surface area contributed by atoms with Crippen molar-refractivity contribution < 1.29 is 22.7 Å². The van der Waals surface area contributed by atoms with Crippen molar-refractivity contribution in [3.63, 3.8) is 0 Å². The lowest BCUT2D eigenvalue weighted by Crippen LogP contribution is -2.36. The monoisotopic (exact) mass is 576 g/mol. The summed E-state index contributed by atoms with van der Waals surface area (Å²) in [6, 6.07) is 12.4. The maximum Gasteiger partial charge on any atom is 0.416 e. The summed E-state index contributed by atoms with van der Waals surface area (Å²) in [5.41, 5.74) is 1.62. The second-order valence-corrected chi connectivity index (χ2v) is 7.43. The van der Waals surface area contributed by atoms with E-state index < -0.39 is 17.8 Å². The van der Waals surface area contributed by atoms with Gasteiger partial charge in [-0.25, -0.2) is 4.99 Å². The molecular weight excluding hydrogens is 548 g/mol. The van der Waals surface area contributed by atoms with Crippen molar-refractivity contribution >= 4 is 41.5 Å². The standard InChI is InChI=1S/C23H27F3N4O2.HI/c1-2-27-22(28-14-16-8-10-18(11-9-16)23(24,25)26)29-15-17-5-3-6-19(13-17)30-21(31)20-7-4-12-32-20;/h3,5-6,8-11,13,20H,2,4,7,12,14-15H2,1H3,(H,30,31)(H2,27,28,29);1H. The molecule has 2 aromatic rings. The summed E-state index contributed by atoms with van der Waals surface area (Å²) in [6.45, 7) is 3.87. The lowest BCUT2D eigenvalue weighted by molar-refractivity contribution is -0.137. The molecule has 0 aliphatic carbocycles. The van der Waals surface area contributed by atoms with Gasteiger partial charge in [0.25, 0.3) is 5.91 Å². The number of guanidine groups is 1. The second-order valence-electron chi connectivity index (χ2n) is 7.43. The number of nitrogens with zero attached hydrogens (tertiary/aromatic N) is 1. The van der Waals surface area contributed by atoms with E-state index in [4.69, 9.17) is 4.74 Å². The van der Waals surface area contributed by atoms with Crippen LogP contribution in [0.25, 0.3) is 0 Å². The van der Waals surface area contributed by atoms with Crippen molar-refractivity contribution in [3.8, 4) is 0 Å². The number of nitrogens with one attached hydrogen (secondary N) is 3. The summed E-state index contributed by atoms with van der Waals surface area (Å²) in [5, 5.41) is 9.11. The topological polar surface area (TPSA) is 74.8 Å². The van der Waals surface area contributed by atoms with E-state index in [0.29, 0.717) is 43.5 Å². The van der Waals surface area contributed by atoms with E-state index in [2.05, 4.69) is 20.9 Å². The highest BCUT2D eigenvalue weighted by Gasteiger charge is 2.29. The molecule has 1 aliphatic rings. The van der Waals surface area contributed by atoms with Gasteiger partial charge in [0, 0.05) is 25.4 Å². The summed E-state index contributed by atoms with van der Waals surface area (Å²) < 4.78 is 43.5. The zero-order chi connectivity index (χ0) is 23.0. The van der Waals surface area contributed by atoms with Gasteiger partial charge in [-0.15, -0.1) is 24.0 Å². The molecule has 1 atom stereocenters. The maximum atomic E-state index is 12.7. The van der Waals surface area contributed by atoms with E-state index in [0.717, 1.165) is 30.5 Å². The van der Waals surface area contributed by atoms with E-state index in [1.807, 2.05) is 31.2 Å². The average molecular weight is 576 g/mol. The predicted molar refractivity (Wildman–Crippen MR) is 133 cm³/mol. The molecule has 1 aliphatic heterocycles. The molecule has 1 unspecified atom stereocenters. The second kappa shape index (κ2) is 12.8. The number of amides is 1. The molecule has 3 rings (SSSR count). The van der Waals surface area contributed by atoms with Crippen molar-refractivity contribution in [1.29, 1.82) is 0 Å². The number of benzene rings is 2. The van der Waals surface area contributed by atoms with Crippen LogP contribution in [-0.4, -0.2) is 31.1 Å². The van der Waals surface area contributed by atoms with Crippen molar-refractivity contribution in [1.82, 2.24) is 10.6 Å². The van der Waals surface area contributed by atoms with Crippen LogP contribution >= 0.6 is 24.0 Å². The molecule has 3 N–H and O–H groups in total. The van der Waals surface area contributed by atoms with Gasteiger partial charge in [0.1, 0.15) is 6.10 Å². The number of alkyl halides is 3. The number of hydrogen-bond acceptors (Lipinski definition) is 3. The van der Waals surface area contributed by atoms with Crippen molar-refractivity contribution in [2.24, 2.45) is 4.99 Å². The number of aliphatic imine (C=N–C) groups is 1. The van der Waals surface area contributed by atoms with E-state index >= 15 is 0 Å². The maximum absolute atomic E-state index is 12.7. The number of halogens is 4. The third kappa shape index (κ3) is 8.50. The van der Waals surface area contributed by atoms with Crippen LogP contribution in [-0.2, 0) is 28.8 Å². The first-order valence-electron chi connectivity index (χ1n) is 10.5. The van der Waals surface area contributed by atoms with Gasteiger partial charge in [-0.05, 0) is 55.2 Å². The smallest absolute Gasteiger partial charge is 0.368 e. The number of carbonyl (C=O) groups is 1. The fraction of sp³-hybridized carbons (Fsp3) is 0.391. The molecule has 1 heterocycles. The third-order valence-electron chi connectivity index (χ3n) is 4.92. The normalized spacial score (nSPS) is 16.1. The Labute approximate surface area is 208 Å². The van der Waals surface area contributed by atoms with Crippen LogP contribution in [0, 0.1) is 0 Å². The lowest BCUT2D eigenvalue weighted by Gasteiger charge is -2.13. The number of hydrogen-bond donors (Lipinski definition) is 3. The first kappa shape index (κ1) is 26.9. The van der Waals surface area contributed by atoms with Gasteiger partial charge in [0.05, 0.1) is 12.1 Å². The molecule has 0 spiro atoms. The summed E-state index contributed by atoms with van der Waals surface area (Å²) in [4.78, 5) is 16.8.